The number of carbonyl (C=O) groups is 1. The Balaban J connectivity index is 0.00000196. The number of nitrogens with zero attached hydrogens (tertiary/aromatic N) is 1. The smallest absolute Gasteiger partial charge is 0.320 e. The Kier molecular flexibility index (Phi) is 5.60. The van der Waals surface area contributed by atoms with E-state index in [0.29, 0.717) is 5.41 Å². The van der Waals surface area contributed by atoms with Gasteiger partial charge in [0.1, 0.15) is 6.04 Å². The van der Waals surface area contributed by atoms with Crippen molar-refractivity contribution in [2.75, 3.05) is 13.1 Å². The Bertz CT molecular complexity index is 223. The van der Waals surface area contributed by atoms with E-state index in [1.165, 1.54) is 6.42 Å². The molecule has 3 nitrogen and oxygen atoms in total. The van der Waals surface area contributed by atoms with Crippen LogP contribution in [0.3, 0.4) is 0 Å². The number of halogens is 1. The van der Waals surface area contributed by atoms with E-state index in [1.807, 2.05) is 0 Å². The maximum atomic E-state index is 10.9. The average Bonchev–Trinajstić information content (AvgIpc) is 2.16. The second-order valence-corrected chi connectivity index (χ2v) is 4.75. The molecule has 2 atom stereocenters. The minimum absolute atomic E-state index is 0. The summed E-state index contributed by atoms with van der Waals surface area (Å²) in [6.07, 6.45) is 3.49. The molecule has 0 aromatic rings. The van der Waals surface area contributed by atoms with Crippen LogP contribution in [0.4, 0.5) is 0 Å². The number of hydrogen-bond acceptors (Lipinski definition) is 2. The molecule has 1 rings (SSSR count). The van der Waals surface area contributed by atoms with Crippen molar-refractivity contribution in [1.29, 1.82) is 0 Å². The van der Waals surface area contributed by atoms with Crippen LogP contribution in [0.2, 0.25) is 0 Å². The molecular weight excluding hydrogens is 214 g/mol. The molecule has 1 fully saturated rings. The first-order valence-electron chi connectivity index (χ1n) is 5.45. The van der Waals surface area contributed by atoms with E-state index in [4.69, 9.17) is 5.11 Å². The molecule has 0 spiro atoms. The first kappa shape index (κ1) is 14.7. The SMILES string of the molecule is CCC1(C)CCCN(C(C)C(=O)O)C1.Cl. The zero-order valence-electron chi connectivity index (χ0n) is 9.82. The van der Waals surface area contributed by atoms with Gasteiger partial charge in [-0.1, -0.05) is 13.8 Å². The van der Waals surface area contributed by atoms with Gasteiger partial charge >= 0.3 is 5.97 Å². The van der Waals surface area contributed by atoms with E-state index in [1.54, 1.807) is 6.92 Å². The van der Waals surface area contributed by atoms with E-state index in [0.717, 1.165) is 25.9 Å². The summed E-state index contributed by atoms with van der Waals surface area (Å²) in [5.41, 5.74) is 0.321. The van der Waals surface area contributed by atoms with Crippen molar-refractivity contribution in [3.05, 3.63) is 0 Å². The van der Waals surface area contributed by atoms with Crippen molar-refractivity contribution < 1.29 is 9.90 Å². The molecule has 1 aliphatic heterocycles. The Hall–Kier alpha value is -0.280. The molecule has 1 saturated heterocycles. The summed E-state index contributed by atoms with van der Waals surface area (Å²) in [4.78, 5) is 12.9. The molecule has 4 heteroatoms. The van der Waals surface area contributed by atoms with Crippen molar-refractivity contribution in [3.63, 3.8) is 0 Å². The molecule has 2 unspecified atom stereocenters. The Labute approximate surface area is 98.3 Å². The fraction of sp³-hybridized carbons (Fsp3) is 0.909. The lowest BCUT2D eigenvalue weighted by molar-refractivity contribution is -0.143. The maximum Gasteiger partial charge on any atom is 0.320 e. The van der Waals surface area contributed by atoms with Crippen LogP contribution in [0.5, 0.6) is 0 Å². The second kappa shape index (κ2) is 5.71. The summed E-state index contributed by atoms with van der Waals surface area (Å²) in [5, 5.41) is 8.94. The number of hydrogen-bond donors (Lipinski definition) is 1. The van der Waals surface area contributed by atoms with Crippen molar-refractivity contribution in [2.24, 2.45) is 5.41 Å². The van der Waals surface area contributed by atoms with Gasteiger partial charge in [0, 0.05) is 6.54 Å². The molecule has 0 saturated carbocycles. The Morgan fingerprint density at radius 2 is 2.20 bits per heavy atom. The van der Waals surface area contributed by atoms with Gasteiger partial charge in [0.2, 0.25) is 0 Å². The lowest BCUT2D eigenvalue weighted by atomic mass is 9.79. The lowest BCUT2D eigenvalue weighted by Crippen LogP contribution is -2.48. The summed E-state index contributed by atoms with van der Waals surface area (Å²) in [6, 6.07) is -0.332. The highest BCUT2D eigenvalue weighted by Gasteiger charge is 2.33. The summed E-state index contributed by atoms with van der Waals surface area (Å²) >= 11 is 0. The maximum absolute atomic E-state index is 10.9. The van der Waals surface area contributed by atoms with Crippen molar-refractivity contribution in [3.8, 4) is 0 Å². The van der Waals surface area contributed by atoms with Crippen LogP contribution in [-0.4, -0.2) is 35.1 Å². The van der Waals surface area contributed by atoms with Crippen LogP contribution in [0.1, 0.15) is 40.0 Å². The molecule has 1 N–H and O–H groups in total. The van der Waals surface area contributed by atoms with Crippen molar-refractivity contribution in [1.82, 2.24) is 4.90 Å². The fourth-order valence-corrected chi connectivity index (χ4v) is 2.13. The van der Waals surface area contributed by atoms with Gasteiger partial charge in [-0.2, -0.15) is 0 Å². The summed E-state index contributed by atoms with van der Waals surface area (Å²) < 4.78 is 0. The minimum Gasteiger partial charge on any atom is -0.480 e. The molecule has 0 aliphatic carbocycles. The summed E-state index contributed by atoms with van der Waals surface area (Å²) in [7, 11) is 0. The predicted octanol–water partition coefficient (Wildman–Crippen LogP) is 2.39. The van der Waals surface area contributed by atoms with E-state index >= 15 is 0 Å². The molecule has 0 amide bonds. The molecule has 90 valence electrons. The molecule has 0 radical (unpaired) electrons. The zero-order chi connectivity index (χ0) is 10.8. The molecule has 0 bridgehead atoms. The number of likely N-dealkylation sites (tertiary alicyclic amines) is 1. The van der Waals surface area contributed by atoms with Gasteiger partial charge in [0.05, 0.1) is 0 Å². The van der Waals surface area contributed by atoms with Crippen LogP contribution in [-0.2, 0) is 4.79 Å². The van der Waals surface area contributed by atoms with Gasteiger partial charge in [-0.05, 0) is 38.1 Å². The van der Waals surface area contributed by atoms with Gasteiger partial charge in [-0.3, -0.25) is 9.69 Å². The van der Waals surface area contributed by atoms with Crippen LogP contribution in [0.25, 0.3) is 0 Å². The third-order valence-corrected chi connectivity index (χ3v) is 3.57. The highest BCUT2D eigenvalue weighted by atomic mass is 35.5. The highest BCUT2D eigenvalue weighted by molar-refractivity contribution is 5.85. The third kappa shape index (κ3) is 3.65. The second-order valence-electron chi connectivity index (χ2n) is 4.75. The van der Waals surface area contributed by atoms with Gasteiger partial charge < -0.3 is 5.11 Å². The van der Waals surface area contributed by atoms with E-state index in [-0.39, 0.29) is 18.4 Å². The van der Waals surface area contributed by atoms with E-state index in [9.17, 15) is 4.79 Å². The lowest BCUT2D eigenvalue weighted by Gasteiger charge is -2.41. The third-order valence-electron chi connectivity index (χ3n) is 3.57. The Morgan fingerprint density at radius 1 is 1.60 bits per heavy atom. The molecule has 1 aliphatic rings. The largest absolute Gasteiger partial charge is 0.480 e. The zero-order valence-corrected chi connectivity index (χ0v) is 10.6. The Morgan fingerprint density at radius 3 is 2.67 bits per heavy atom. The van der Waals surface area contributed by atoms with Crippen molar-refractivity contribution in [2.45, 2.75) is 46.1 Å². The molecule has 15 heavy (non-hydrogen) atoms. The molecule has 1 heterocycles. The topological polar surface area (TPSA) is 40.5 Å². The fourth-order valence-electron chi connectivity index (χ4n) is 2.13. The van der Waals surface area contributed by atoms with Gasteiger partial charge in [0.25, 0.3) is 0 Å². The van der Waals surface area contributed by atoms with Crippen LogP contribution in [0.15, 0.2) is 0 Å². The quantitative estimate of drug-likeness (QED) is 0.817. The van der Waals surface area contributed by atoms with Crippen LogP contribution < -0.4 is 0 Å². The number of carboxylic acids is 1. The molecule has 0 aromatic carbocycles. The highest BCUT2D eigenvalue weighted by Crippen LogP contribution is 2.33. The number of aliphatic carboxylic acids is 1. The average molecular weight is 236 g/mol. The first-order chi connectivity index (χ1) is 6.48. The molecular formula is C11H22ClNO2. The van der Waals surface area contributed by atoms with Gasteiger partial charge in [-0.25, -0.2) is 0 Å². The van der Waals surface area contributed by atoms with Crippen LogP contribution in [0, 0.1) is 5.41 Å². The summed E-state index contributed by atoms with van der Waals surface area (Å²) in [5.74, 6) is -0.703. The standard InChI is InChI=1S/C11H21NO2.ClH/c1-4-11(3)6-5-7-12(8-11)9(2)10(13)14;/h9H,4-8H2,1-3H3,(H,13,14);1H. The summed E-state index contributed by atoms with van der Waals surface area (Å²) in [6.45, 7) is 8.09. The van der Waals surface area contributed by atoms with Crippen LogP contribution >= 0.6 is 12.4 Å². The predicted molar refractivity (Wildman–Crippen MR) is 63.6 cm³/mol. The van der Waals surface area contributed by atoms with Gasteiger partial charge in [-0.15, -0.1) is 12.4 Å². The minimum atomic E-state index is -0.703. The van der Waals surface area contributed by atoms with Crippen molar-refractivity contribution >= 4 is 18.4 Å². The van der Waals surface area contributed by atoms with E-state index in [2.05, 4.69) is 18.7 Å². The van der Waals surface area contributed by atoms with E-state index < -0.39 is 5.97 Å². The first-order valence-corrected chi connectivity index (χ1v) is 5.45. The van der Waals surface area contributed by atoms with Gasteiger partial charge in [0.15, 0.2) is 0 Å². The monoisotopic (exact) mass is 235 g/mol. The molecule has 0 aromatic heterocycles. The number of piperidine rings is 1. The number of carboxylic acid groups (broad SMARTS) is 1. The normalized spacial score (nSPS) is 29.3. The number of rotatable bonds is 3.